The maximum atomic E-state index is 13.3. The summed E-state index contributed by atoms with van der Waals surface area (Å²) in [6, 6.07) is 4.32. The van der Waals surface area contributed by atoms with E-state index in [1.807, 2.05) is 0 Å². The largest absolute Gasteiger partial charge is 0.461 e. The monoisotopic (exact) mass is 544 g/mol. The smallest absolute Gasteiger partial charge is 0.329 e. The number of nitrogens with one attached hydrogen (secondary N) is 1. The molecular formula is C30H44N2O7. The van der Waals surface area contributed by atoms with E-state index < -0.39 is 29.9 Å². The van der Waals surface area contributed by atoms with Crippen LogP contribution in [0.1, 0.15) is 79.2 Å². The molecule has 0 spiro atoms. The van der Waals surface area contributed by atoms with E-state index in [1.165, 1.54) is 12.8 Å². The highest BCUT2D eigenvalue weighted by Crippen LogP contribution is 2.32. The van der Waals surface area contributed by atoms with Gasteiger partial charge in [-0.2, -0.15) is 0 Å². The molecule has 2 aliphatic heterocycles. The van der Waals surface area contributed by atoms with E-state index in [0.29, 0.717) is 11.6 Å². The zero-order valence-electron chi connectivity index (χ0n) is 24.2. The number of hydrogen-bond donors (Lipinski definition) is 1. The van der Waals surface area contributed by atoms with Crippen LogP contribution in [0.5, 0.6) is 11.5 Å². The van der Waals surface area contributed by atoms with Crippen molar-refractivity contribution in [2.24, 2.45) is 17.8 Å². The van der Waals surface area contributed by atoms with Gasteiger partial charge in [0.25, 0.3) is 0 Å². The van der Waals surface area contributed by atoms with Crippen LogP contribution in [0.25, 0.3) is 0 Å². The highest BCUT2D eigenvalue weighted by Gasteiger charge is 2.35. The first kappa shape index (κ1) is 30.6. The fraction of sp³-hybridized carbons (Fsp3) is 0.667. The Morgan fingerprint density at radius 3 is 2.18 bits per heavy atom. The van der Waals surface area contributed by atoms with Gasteiger partial charge in [-0.15, -0.1) is 0 Å². The summed E-state index contributed by atoms with van der Waals surface area (Å²) in [6.45, 7) is 12.3. The number of ether oxygens (including phenoxy) is 3. The van der Waals surface area contributed by atoms with Gasteiger partial charge in [0.15, 0.2) is 11.5 Å². The van der Waals surface area contributed by atoms with Crippen LogP contribution in [0.4, 0.5) is 0 Å². The normalized spacial score (nSPS) is 20.3. The van der Waals surface area contributed by atoms with Crippen molar-refractivity contribution in [3.63, 3.8) is 0 Å². The van der Waals surface area contributed by atoms with Crippen LogP contribution < -0.4 is 14.8 Å². The lowest BCUT2D eigenvalue weighted by Gasteiger charge is -2.42. The standard InChI is InChI=1S/C30H44N2O7/c1-18(2)28(34)38-25-11-10-21(16-26(25)39-29(35)19(3)4)15-24(30(36)37-20(5)6)31-27(33)22-12-14-32-13-8-7-9-23(32)17-22/h10-11,16,18-20,22-24H,7-9,12-15,17H2,1-6H3,(H,31,33). The van der Waals surface area contributed by atoms with Gasteiger partial charge in [-0.05, 0) is 70.3 Å². The Morgan fingerprint density at radius 2 is 1.54 bits per heavy atom. The molecule has 0 aliphatic carbocycles. The van der Waals surface area contributed by atoms with Crippen molar-refractivity contribution in [1.82, 2.24) is 10.2 Å². The van der Waals surface area contributed by atoms with Crippen molar-refractivity contribution in [1.29, 1.82) is 0 Å². The Labute approximate surface area is 231 Å². The van der Waals surface area contributed by atoms with E-state index in [2.05, 4.69) is 10.2 Å². The molecule has 0 radical (unpaired) electrons. The number of carbonyl (C=O) groups excluding carboxylic acids is 4. The molecule has 0 aromatic heterocycles. The SMILES string of the molecule is CC(C)OC(=O)C(Cc1ccc(OC(=O)C(C)C)c(OC(=O)C(C)C)c1)NC(=O)C1CCN2CCCCC2C1. The molecule has 216 valence electrons. The van der Waals surface area contributed by atoms with Crippen molar-refractivity contribution >= 4 is 23.8 Å². The van der Waals surface area contributed by atoms with Gasteiger partial charge < -0.3 is 24.4 Å². The molecule has 3 atom stereocenters. The van der Waals surface area contributed by atoms with Crippen molar-refractivity contribution in [3.8, 4) is 11.5 Å². The Kier molecular flexibility index (Phi) is 10.9. The summed E-state index contributed by atoms with van der Waals surface area (Å²) in [5.41, 5.74) is 0.624. The molecule has 0 saturated carbocycles. The van der Waals surface area contributed by atoms with Crippen molar-refractivity contribution < 1.29 is 33.4 Å². The van der Waals surface area contributed by atoms with Gasteiger partial charge in [-0.1, -0.05) is 40.2 Å². The van der Waals surface area contributed by atoms with Gasteiger partial charge in [0, 0.05) is 18.4 Å². The van der Waals surface area contributed by atoms with Crippen LogP contribution in [0, 0.1) is 17.8 Å². The summed E-state index contributed by atoms with van der Waals surface area (Å²) in [5.74, 6) is -2.31. The molecule has 2 heterocycles. The summed E-state index contributed by atoms with van der Waals surface area (Å²) in [5, 5.41) is 2.95. The predicted molar refractivity (Wildman–Crippen MR) is 146 cm³/mol. The highest BCUT2D eigenvalue weighted by molar-refractivity contribution is 5.86. The average Bonchev–Trinajstić information content (AvgIpc) is 2.88. The lowest BCUT2D eigenvalue weighted by Crippen LogP contribution is -2.51. The average molecular weight is 545 g/mol. The maximum Gasteiger partial charge on any atom is 0.329 e. The fourth-order valence-electron chi connectivity index (χ4n) is 4.96. The van der Waals surface area contributed by atoms with Gasteiger partial charge in [-0.3, -0.25) is 14.4 Å². The lowest BCUT2D eigenvalue weighted by molar-refractivity contribution is -0.152. The minimum absolute atomic E-state index is 0.0900. The third-order valence-electron chi connectivity index (χ3n) is 7.21. The van der Waals surface area contributed by atoms with Crippen molar-refractivity contribution in [3.05, 3.63) is 23.8 Å². The van der Waals surface area contributed by atoms with Gasteiger partial charge in [0.1, 0.15) is 6.04 Å². The molecule has 1 aromatic rings. The molecule has 2 aliphatic rings. The number of amides is 1. The number of piperidine rings is 2. The molecule has 1 N–H and O–H groups in total. The number of nitrogens with zero attached hydrogens (tertiary/aromatic N) is 1. The summed E-state index contributed by atoms with van der Waals surface area (Å²) in [4.78, 5) is 53.4. The van der Waals surface area contributed by atoms with E-state index >= 15 is 0 Å². The molecule has 0 bridgehead atoms. The zero-order chi connectivity index (χ0) is 28.7. The van der Waals surface area contributed by atoms with E-state index in [1.54, 1.807) is 59.7 Å². The van der Waals surface area contributed by atoms with E-state index in [-0.39, 0.29) is 41.8 Å². The first-order valence-corrected chi connectivity index (χ1v) is 14.3. The third kappa shape index (κ3) is 8.78. The second kappa shape index (κ2) is 13.9. The Hall–Kier alpha value is -2.94. The second-order valence-electron chi connectivity index (χ2n) is 11.6. The summed E-state index contributed by atoms with van der Waals surface area (Å²) in [6.07, 6.45) is 4.84. The molecule has 1 amide bonds. The fourth-order valence-corrected chi connectivity index (χ4v) is 4.96. The van der Waals surface area contributed by atoms with Gasteiger partial charge in [0.05, 0.1) is 17.9 Å². The Balaban J connectivity index is 1.80. The maximum absolute atomic E-state index is 13.3. The zero-order valence-corrected chi connectivity index (χ0v) is 24.2. The van der Waals surface area contributed by atoms with Crippen molar-refractivity contribution in [2.75, 3.05) is 13.1 Å². The molecule has 1 aromatic carbocycles. The molecule has 3 rings (SSSR count). The first-order chi connectivity index (χ1) is 18.4. The number of fused-ring (bicyclic) bond motifs is 1. The first-order valence-electron chi connectivity index (χ1n) is 14.3. The van der Waals surface area contributed by atoms with Crippen LogP contribution in [0.2, 0.25) is 0 Å². The Bertz CT molecular complexity index is 1040. The van der Waals surface area contributed by atoms with Crippen LogP contribution in [0.15, 0.2) is 18.2 Å². The number of carbonyl (C=O) groups is 4. The summed E-state index contributed by atoms with van der Waals surface area (Å²) >= 11 is 0. The van der Waals surface area contributed by atoms with Gasteiger partial charge in [-0.25, -0.2) is 4.79 Å². The molecule has 9 heteroatoms. The van der Waals surface area contributed by atoms with Crippen molar-refractivity contribution in [2.45, 2.75) is 98.3 Å². The van der Waals surface area contributed by atoms with E-state index in [9.17, 15) is 19.2 Å². The number of rotatable bonds is 10. The molecule has 2 saturated heterocycles. The van der Waals surface area contributed by atoms with Gasteiger partial charge >= 0.3 is 17.9 Å². The van der Waals surface area contributed by atoms with E-state index in [4.69, 9.17) is 14.2 Å². The quantitative estimate of drug-likeness (QED) is 0.347. The molecule has 2 fully saturated rings. The summed E-state index contributed by atoms with van der Waals surface area (Å²) < 4.78 is 16.5. The van der Waals surface area contributed by atoms with Crippen LogP contribution in [-0.2, 0) is 30.3 Å². The van der Waals surface area contributed by atoms with E-state index in [0.717, 1.165) is 32.4 Å². The van der Waals surface area contributed by atoms with Gasteiger partial charge in [0.2, 0.25) is 5.91 Å². The molecule has 3 unspecified atom stereocenters. The molecule has 9 nitrogen and oxygen atoms in total. The lowest BCUT2D eigenvalue weighted by atomic mass is 9.85. The number of esters is 3. The molecular weight excluding hydrogens is 500 g/mol. The highest BCUT2D eigenvalue weighted by atomic mass is 16.6. The van der Waals surface area contributed by atoms with Crippen LogP contribution >= 0.6 is 0 Å². The predicted octanol–water partition coefficient (Wildman–Crippen LogP) is 4.05. The third-order valence-corrected chi connectivity index (χ3v) is 7.21. The minimum atomic E-state index is -0.915. The second-order valence-corrected chi connectivity index (χ2v) is 11.6. The Morgan fingerprint density at radius 1 is 0.872 bits per heavy atom. The molecule has 39 heavy (non-hydrogen) atoms. The minimum Gasteiger partial charge on any atom is -0.461 e. The number of benzene rings is 1. The van der Waals surface area contributed by atoms with Crippen LogP contribution in [-0.4, -0.2) is 60.0 Å². The summed E-state index contributed by atoms with van der Waals surface area (Å²) in [7, 11) is 0. The topological polar surface area (TPSA) is 111 Å². The number of hydrogen-bond acceptors (Lipinski definition) is 8. The van der Waals surface area contributed by atoms with Crippen LogP contribution in [0.3, 0.4) is 0 Å².